The Morgan fingerprint density at radius 2 is 1.77 bits per heavy atom. The molecule has 0 aliphatic heterocycles. The van der Waals surface area contributed by atoms with Gasteiger partial charge in [0, 0.05) is 35.5 Å². The van der Waals surface area contributed by atoms with Gasteiger partial charge in [-0.1, -0.05) is 35.9 Å². The number of phenols is 1. The zero-order valence-electron chi connectivity index (χ0n) is 19.0. The smallest absolute Gasteiger partial charge is 0.335 e. The molecule has 182 valence electrons. The van der Waals surface area contributed by atoms with E-state index < -0.39 is 5.97 Å². The highest BCUT2D eigenvalue weighted by Crippen LogP contribution is 2.42. The van der Waals surface area contributed by atoms with Crippen molar-refractivity contribution in [3.8, 4) is 16.9 Å². The third-order valence-electron chi connectivity index (χ3n) is 5.30. The fourth-order valence-corrected chi connectivity index (χ4v) is 3.98. The van der Waals surface area contributed by atoms with Crippen LogP contribution in [0.4, 0.5) is 11.4 Å². The van der Waals surface area contributed by atoms with Crippen molar-refractivity contribution in [2.45, 2.75) is 19.9 Å². The van der Waals surface area contributed by atoms with Crippen molar-refractivity contribution in [3.05, 3.63) is 75.8 Å². The lowest BCUT2D eigenvalue weighted by molar-refractivity contribution is -0.120. The van der Waals surface area contributed by atoms with E-state index >= 15 is 0 Å². The van der Waals surface area contributed by atoms with Gasteiger partial charge in [0.1, 0.15) is 11.6 Å². The van der Waals surface area contributed by atoms with Crippen LogP contribution in [0.25, 0.3) is 11.1 Å². The maximum atomic E-state index is 12.9. The van der Waals surface area contributed by atoms with Crippen LogP contribution < -0.4 is 22.1 Å². The minimum Gasteiger partial charge on any atom is -0.505 e. The third-order valence-corrected chi connectivity index (χ3v) is 5.60. The van der Waals surface area contributed by atoms with Crippen LogP contribution in [0.1, 0.15) is 34.0 Å². The number of nitrogens with one attached hydrogen (secondary N) is 3. The molecule has 0 fully saturated rings. The summed E-state index contributed by atoms with van der Waals surface area (Å²) in [6.07, 6.45) is -0.219. The molecule has 3 rings (SSSR count). The Morgan fingerprint density at radius 1 is 1.09 bits per heavy atom. The van der Waals surface area contributed by atoms with Crippen LogP contribution >= 0.6 is 11.6 Å². The molecule has 0 unspecified atom stereocenters. The van der Waals surface area contributed by atoms with Crippen molar-refractivity contribution in [2.24, 2.45) is 5.73 Å². The predicted octanol–water partition coefficient (Wildman–Crippen LogP) is 3.57. The molecule has 9 nitrogen and oxygen atoms in total. The third kappa shape index (κ3) is 6.01. The van der Waals surface area contributed by atoms with Crippen molar-refractivity contribution < 1.29 is 19.8 Å². The standard InChI is InChI=1S/C25H26ClN5O4/c1-2-30-20-11-19(26)22(15-7-16(25(34)35)9-17(27)8-15)18(23(20)33)10-21(32)31-12-13-3-5-14(6-4-13)24(28)29/h3-9,11,30,33H,2,10,12,27H2,1H3,(H3,28,29)(H,31,32)(H,34,35). The molecule has 0 aliphatic carbocycles. The lowest BCUT2D eigenvalue weighted by Crippen LogP contribution is -2.25. The molecule has 0 aromatic heterocycles. The first-order valence-corrected chi connectivity index (χ1v) is 11.1. The van der Waals surface area contributed by atoms with E-state index in [0.29, 0.717) is 28.9 Å². The van der Waals surface area contributed by atoms with Gasteiger partial charge in [0.15, 0.2) is 0 Å². The van der Waals surface area contributed by atoms with Crippen LogP contribution in [0.5, 0.6) is 5.75 Å². The minimum atomic E-state index is -1.17. The monoisotopic (exact) mass is 495 g/mol. The number of carbonyl (C=O) groups is 2. The molecular formula is C25H26ClN5O4. The first-order chi connectivity index (χ1) is 16.6. The number of phenolic OH excluding ortho intramolecular Hbond substituents is 1. The van der Waals surface area contributed by atoms with E-state index in [1.54, 1.807) is 24.3 Å². The molecule has 35 heavy (non-hydrogen) atoms. The first kappa shape index (κ1) is 25.4. The van der Waals surface area contributed by atoms with Crippen molar-refractivity contribution in [2.75, 3.05) is 17.6 Å². The molecular weight excluding hydrogens is 470 g/mol. The van der Waals surface area contributed by atoms with Gasteiger partial charge in [-0.15, -0.1) is 0 Å². The molecule has 10 heteroatoms. The highest BCUT2D eigenvalue weighted by Gasteiger charge is 2.22. The van der Waals surface area contributed by atoms with Crippen LogP contribution in [0, 0.1) is 5.41 Å². The van der Waals surface area contributed by atoms with Gasteiger partial charge in [-0.2, -0.15) is 0 Å². The SMILES string of the molecule is CCNc1cc(Cl)c(-c2cc(N)cc(C(=O)O)c2)c(CC(=O)NCc2ccc(C(=N)N)cc2)c1O. The summed E-state index contributed by atoms with van der Waals surface area (Å²) in [4.78, 5) is 24.4. The lowest BCUT2D eigenvalue weighted by Gasteiger charge is -2.18. The number of aromatic carboxylic acids is 1. The number of amides is 1. The zero-order valence-corrected chi connectivity index (χ0v) is 19.7. The summed E-state index contributed by atoms with van der Waals surface area (Å²) in [5, 5.41) is 33.9. The minimum absolute atomic E-state index is 0.0456. The Labute approximate surface area is 207 Å². The molecule has 3 aromatic rings. The number of benzene rings is 3. The van der Waals surface area contributed by atoms with Crippen LogP contribution in [-0.4, -0.2) is 34.5 Å². The number of hydrogen-bond donors (Lipinski definition) is 7. The molecule has 0 saturated carbocycles. The Bertz CT molecular complexity index is 1290. The van der Waals surface area contributed by atoms with Gasteiger partial charge in [-0.3, -0.25) is 10.2 Å². The number of aromatic hydroxyl groups is 1. The van der Waals surface area contributed by atoms with Crippen LogP contribution in [-0.2, 0) is 17.8 Å². The molecule has 0 heterocycles. The van der Waals surface area contributed by atoms with Crippen LogP contribution in [0.3, 0.4) is 0 Å². The Kier molecular flexibility index (Phi) is 7.83. The Morgan fingerprint density at radius 3 is 2.37 bits per heavy atom. The number of nitrogens with two attached hydrogens (primary N) is 2. The maximum Gasteiger partial charge on any atom is 0.335 e. The second-order valence-electron chi connectivity index (χ2n) is 7.85. The molecule has 0 saturated heterocycles. The summed E-state index contributed by atoms with van der Waals surface area (Å²) in [5.74, 6) is -1.76. The number of carboxylic acid groups (broad SMARTS) is 1. The summed E-state index contributed by atoms with van der Waals surface area (Å²) in [7, 11) is 0. The second kappa shape index (κ2) is 10.8. The fraction of sp³-hybridized carbons (Fsp3) is 0.160. The molecule has 0 bridgehead atoms. The topological polar surface area (TPSA) is 175 Å². The van der Waals surface area contributed by atoms with Gasteiger partial charge < -0.3 is 32.3 Å². The van der Waals surface area contributed by atoms with Gasteiger partial charge in [-0.05, 0) is 42.3 Å². The lowest BCUT2D eigenvalue weighted by atomic mass is 9.93. The normalized spacial score (nSPS) is 10.6. The van der Waals surface area contributed by atoms with E-state index in [0.717, 1.165) is 5.56 Å². The van der Waals surface area contributed by atoms with E-state index in [1.807, 2.05) is 6.92 Å². The van der Waals surface area contributed by atoms with E-state index in [4.69, 9.17) is 28.5 Å². The largest absolute Gasteiger partial charge is 0.505 e. The number of hydrogen-bond acceptors (Lipinski definition) is 6. The quantitative estimate of drug-likeness (QED) is 0.103. The fourth-order valence-electron chi connectivity index (χ4n) is 3.65. The zero-order chi connectivity index (χ0) is 25.7. The predicted molar refractivity (Wildman–Crippen MR) is 137 cm³/mol. The van der Waals surface area contributed by atoms with Gasteiger partial charge in [-0.25, -0.2) is 4.79 Å². The van der Waals surface area contributed by atoms with Crippen molar-refractivity contribution >= 4 is 40.7 Å². The number of carbonyl (C=O) groups excluding carboxylic acids is 1. The Balaban J connectivity index is 1.96. The van der Waals surface area contributed by atoms with Gasteiger partial charge >= 0.3 is 5.97 Å². The molecule has 0 spiro atoms. The van der Waals surface area contributed by atoms with Gasteiger partial charge in [0.25, 0.3) is 0 Å². The van der Waals surface area contributed by atoms with Crippen molar-refractivity contribution in [3.63, 3.8) is 0 Å². The second-order valence-corrected chi connectivity index (χ2v) is 8.26. The number of halogens is 1. The summed E-state index contributed by atoms with van der Waals surface area (Å²) in [6.45, 7) is 2.57. The van der Waals surface area contributed by atoms with Crippen molar-refractivity contribution in [1.29, 1.82) is 5.41 Å². The highest BCUT2D eigenvalue weighted by molar-refractivity contribution is 6.34. The number of anilines is 2. The van der Waals surface area contributed by atoms with E-state index in [1.165, 1.54) is 24.3 Å². The maximum absolute atomic E-state index is 12.9. The summed E-state index contributed by atoms with van der Waals surface area (Å²) < 4.78 is 0. The summed E-state index contributed by atoms with van der Waals surface area (Å²) >= 11 is 6.56. The molecule has 0 aliphatic rings. The van der Waals surface area contributed by atoms with Crippen LogP contribution in [0.2, 0.25) is 5.02 Å². The van der Waals surface area contributed by atoms with E-state index in [9.17, 15) is 19.8 Å². The van der Waals surface area contributed by atoms with Gasteiger partial charge in [0.2, 0.25) is 5.91 Å². The molecule has 9 N–H and O–H groups in total. The average Bonchev–Trinajstić information content (AvgIpc) is 2.80. The first-order valence-electron chi connectivity index (χ1n) is 10.7. The molecule has 0 radical (unpaired) electrons. The molecule has 1 amide bonds. The van der Waals surface area contributed by atoms with Crippen molar-refractivity contribution in [1.82, 2.24) is 5.32 Å². The number of rotatable bonds is 9. The Hall–Kier alpha value is -4.24. The number of nitrogen functional groups attached to an aromatic ring is 2. The average molecular weight is 496 g/mol. The summed E-state index contributed by atoms with van der Waals surface area (Å²) in [6, 6.07) is 12.7. The van der Waals surface area contributed by atoms with E-state index in [2.05, 4.69) is 10.6 Å². The van der Waals surface area contributed by atoms with E-state index in [-0.39, 0.29) is 52.3 Å². The van der Waals surface area contributed by atoms with Gasteiger partial charge in [0.05, 0.1) is 22.7 Å². The molecule has 3 aromatic carbocycles. The number of carboxylic acids is 1. The van der Waals surface area contributed by atoms with Crippen LogP contribution in [0.15, 0.2) is 48.5 Å². The highest BCUT2D eigenvalue weighted by atomic mass is 35.5. The number of amidine groups is 1. The molecule has 0 atom stereocenters. The summed E-state index contributed by atoms with van der Waals surface area (Å²) in [5.41, 5.74) is 14.2.